The quantitative estimate of drug-likeness (QED) is 0.830. The van der Waals surface area contributed by atoms with Gasteiger partial charge in [-0.3, -0.25) is 4.79 Å². The molecule has 100 valence electrons. The summed E-state index contributed by atoms with van der Waals surface area (Å²) in [6, 6.07) is 4.66. The number of benzene rings is 1. The molecule has 1 aromatic rings. The summed E-state index contributed by atoms with van der Waals surface area (Å²) in [6.07, 6.45) is 1.43. The van der Waals surface area contributed by atoms with Crippen molar-refractivity contribution < 1.29 is 14.3 Å². The Morgan fingerprint density at radius 1 is 1.44 bits per heavy atom. The van der Waals surface area contributed by atoms with E-state index in [4.69, 9.17) is 16.7 Å². The lowest BCUT2D eigenvalue weighted by Gasteiger charge is -2.15. The molecule has 3 nitrogen and oxygen atoms in total. The molecule has 1 N–H and O–H groups in total. The second-order valence-electron chi connectivity index (χ2n) is 4.25. The first-order valence-corrected chi connectivity index (χ1v) is 6.21. The number of carboxylic acids is 1. The highest BCUT2D eigenvalue weighted by Gasteiger charge is 2.07. The largest absolute Gasteiger partial charge is 0.481 e. The summed E-state index contributed by atoms with van der Waals surface area (Å²) in [4.78, 5) is 12.3. The predicted molar refractivity (Wildman–Crippen MR) is 69.5 cm³/mol. The average molecular weight is 274 g/mol. The van der Waals surface area contributed by atoms with E-state index < -0.39 is 5.97 Å². The maximum atomic E-state index is 13.5. The highest BCUT2D eigenvalue weighted by Crippen LogP contribution is 2.20. The number of hydrogen-bond donors (Lipinski definition) is 1. The molecule has 0 aliphatic rings. The van der Waals surface area contributed by atoms with Crippen molar-refractivity contribution in [3.05, 3.63) is 34.6 Å². The molecule has 0 radical (unpaired) electrons. The molecule has 0 atom stereocenters. The van der Waals surface area contributed by atoms with Crippen molar-refractivity contribution >= 4 is 17.6 Å². The third-order valence-corrected chi connectivity index (χ3v) is 3.09. The van der Waals surface area contributed by atoms with Gasteiger partial charge in [0, 0.05) is 17.1 Å². The standard InChI is InChI=1S/C13H17ClFNO2/c1-16(9-7-13(17)18)8-3-4-10-11(14)5-2-6-12(10)15/h2,5-6H,3-4,7-9H2,1H3,(H,17,18). The lowest BCUT2D eigenvalue weighted by atomic mass is 10.1. The maximum Gasteiger partial charge on any atom is 0.304 e. The number of halogens is 2. The first kappa shape index (κ1) is 14.9. The average Bonchev–Trinajstić information content (AvgIpc) is 2.30. The number of aliphatic carboxylic acids is 1. The summed E-state index contributed by atoms with van der Waals surface area (Å²) in [5, 5.41) is 8.99. The molecule has 0 aliphatic heterocycles. The van der Waals surface area contributed by atoms with Crippen LogP contribution < -0.4 is 0 Å². The van der Waals surface area contributed by atoms with Gasteiger partial charge < -0.3 is 10.0 Å². The zero-order valence-electron chi connectivity index (χ0n) is 10.3. The van der Waals surface area contributed by atoms with Gasteiger partial charge in [-0.15, -0.1) is 0 Å². The van der Waals surface area contributed by atoms with Gasteiger partial charge >= 0.3 is 5.97 Å². The van der Waals surface area contributed by atoms with Crippen molar-refractivity contribution in [2.45, 2.75) is 19.3 Å². The minimum atomic E-state index is -0.806. The minimum Gasteiger partial charge on any atom is -0.481 e. The Labute approximate surface area is 111 Å². The Hall–Kier alpha value is -1.13. The van der Waals surface area contributed by atoms with Gasteiger partial charge in [-0.1, -0.05) is 17.7 Å². The molecule has 1 aromatic carbocycles. The van der Waals surface area contributed by atoms with Crippen LogP contribution in [0, 0.1) is 5.82 Å². The van der Waals surface area contributed by atoms with Gasteiger partial charge in [-0.2, -0.15) is 0 Å². The van der Waals surface area contributed by atoms with Crippen LogP contribution in [-0.4, -0.2) is 36.1 Å². The van der Waals surface area contributed by atoms with Gasteiger partial charge in [0.1, 0.15) is 5.82 Å². The van der Waals surface area contributed by atoms with Crippen molar-refractivity contribution in [2.75, 3.05) is 20.1 Å². The van der Waals surface area contributed by atoms with E-state index >= 15 is 0 Å². The van der Waals surface area contributed by atoms with E-state index in [1.54, 1.807) is 12.1 Å². The lowest BCUT2D eigenvalue weighted by Crippen LogP contribution is -2.23. The zero-order valence-corrected chi connectivity index (χ0v) is 11.1. The molecule has 0 bridgehead atoms. The molecular formula is C13H17ClFNO2. The molecule has 5 heteroatoms. The number of rotatable bonds is 7. The van der Waals surface area contributed by atoms with Crippen molar-refractivity contribution in [3.8, 4) is 0 Å². The molecule has 1 rings (SSSR count). The van der Waals surface area contributed by atoms with Gasteiger partial charge in [0.2, 0.25) is 0 Å². The Bertz CT molecular complexity index is 392. The van der Waals surface area contributed by atoms with Crippen LogP contribution in [0.15, 0.2) is 18.2 Å². The van der Waals surface area contributed by atoms with Crippen LogP contribution >= 0.6 is 11.6 Å². The number of hydrogen-bond acceptors (Lipinski definition) is 2. The van der Waals surface area contributed by atoms with E-state index in [1.165, 1.54) is 6.07 Å². The van der Waals surface area contributed by atoms with Crippen LogP contribution in [0.4, 0.5) is 4.39 Å². The van der Waals surface area contributed by atoms with Crippen LogP contribution in [-0.2, 0) is 11.2 Å². The summed E-state index contributed by atoms with van der Waals surface area (Å²) in [7, 11) is 1.85. The topological polar surface area (TPSA) is 40.5 Å². The molecule has 0 saturated heterocycles. The van der Waals surface area contributed by atoms with Gasteiger partial charge in [0.25, 0.3) is 0 Å². The number of carbonyl (C=O) groups is 1. The molecular weight excluding hydrogens is 257 g/mol. The van der Waals surface area contributed by atoms with Crippen molar-refractivity contribution in [2.24, 2.45) is 0 Å². The fourth-order valence-corrected chi connectivity index (χ4v) is 1.95. The number of carboxylic acid groups (broad SMARTS) is 1. The lowest BCUT2D eigenvalue weighted by molar-refractivity contribution is -0.137. The first-order chi connectivity index (χ1) is 8.50. The molecule has 0 amide bonds. The van der Waals surface area contributed by atoms with Crippen LogP contribution in [0.25, 0.3) is 0 Å². The van der Waals surface area contributed by atoms with Crippen LogP contribution in [0.2, 0.25) is 5.02 Å². The number of nitrogens with zero attached hydrogens (tertiary/aromatic N) is 1. The molecule has 0 unspecified atom stereocenters. The summed E-state index contributed by atoms with van der Waals surface area (Å²) in [5.41, 5.74) is 0.533. The molecule has 0 aliphatic carbocycles. The highest BCUT2D eigenvalue weighted by molar-refractivity contribution is 6.31. The van der Waals surface area contributed by atoms with Gasteiger partial charge in [-0.25, -0.2) is 4.39 Å². The molecule has 0 heterocycles. The summed E-state index contributed by atoms with van der Waals surface area (Å²) >= 11 is 5.92. The van der Waals surface area contributed by atoms with Crippen LogP contribution in [0.3, 0.4) is 0 Å². The van der Waals surface area contributed by atoms with Crippen molar-refractivity contribution in [3.63, 3.8) is 0 Å². The van der Waals surface area contributed by atoms with Crippen molar-refractivity contribution in [1.82, 2.24) is 4.90 Å². The second-order valence-corrected chi connectivity index (χ2v) is 4.66. The maximum absolute atomic E-state index is 13.5. The third-order valence-electron chi connectivity index (χ3n) is 2.74. The Balaban J connectivity index is 2.35. The van der Waals surface area contributed by atoms with Crippen molar-refractivity contribution in [1.29, 1.82) is 0 Å². The zero-order chi connectivity index (χ0) is 13.5. The van der Waals surface area contributed by atoms with E-state index in [0.717, 1.165) is 13.0 Å². The van der Waals surface area contributed by atoms with Gasteiger partial charge in [-0.05, 0) is 38.6 Å². The van der Waals surface area contributed by atoms with Crippen LogP contribution in [0.5, 0.6) is 0 Å². The fraction of sp³-hybridized carbons (Fsp3) is 0.462. The van der Waals surface area contributed by atoms with E-state index in [2.05, 4.69) is 0 Å². The molecule has 0 aromatic heterocycles. The van der Waals surface area contributed by atoms with Gasteiger partial charge in [0.15, 0.2) is 0 Å². The molecule has 18 heavy (non-hydrogen) atoms. The Kier molecular flexibility index (Phi) is 6.09. The molecule has 0 spiro atoms. The predicted octanol–water partition coefficient (Wildman–Crippen LogP) is 2.82. The summed E-state index contributed by atoms with van der Waals surface area (Å²) in [5.74, 6) is -1.09. The first-order valence-electron chi connectivity index (χ1n) is 5.84. The second kappa shape index (κ2) is 7.34. The molecule has 0 saturated carbocycles. The highest BCUT2D eigenvalue weighted by atomic mass is 35.5. The van der Waals surface area contributed by atoms with Gasteiger partial charge in [0.05, 0.1) is 6.42 Å². The third kappa shape index (κ3) is 5.02. The monoisotopic (exact) mass is 273 g/mol. The summed E-state index contributed by atoms with van der Waals surface area (Å²) in [6.45, 7) is 1.22. The SMILES string of the molecule is CN(CCCc1c(F)cccc1Cl)CCC(=O)O. The fourth-order valence-electron chi connectivity index (χ4n) is 1.70. The van der Waals surface area contributed by atoms with E-state index in [9.17, 15) is 9.18 Å². The Morgan fingerprint density at radius 2 is 2.17 bits per heavy atom. The molecule has 0 fully saturated rings. The van der Waals surface area contributed by atoms with Crippen LogP contribution in [0.1, 0.15) is 18.4 Å². The minimum absolute atomic E-state index is 0.122. The summed E-state index contributed by atoms with van der Waals surface area (Å²) < 4.78 is 13.5. The van der Waals surface area contributed by atoms with E-state index in [-0.39, 0.29) is 12.2 Å². The van der Waals surface area contributed by atoms with E-state index in [1.807, 2.05) is 11.9 Å². The smallest absolute Gasteiger partial charge is 0.304 e. The normalized spacial score (nSPS) is 10.9. The Morgan fingerprint density at radius 3 is 2.78 bits per heavy atom. The van der Waals surface area contributed by atoms with E-state index in [0.29, 0.717) is 23.6 Å².